The molecule has 2 aromatic heterocycles. The van der Waals surface area contributed by atoms with Gasteiger partial charge in [-0.25, -0.2) is 4.98 Å². The van der Waals surface area contributed by atoms with Gasteiger partial charge in [0, 0.05) is 38.3 Å². The minimum Gasteiger partial charge on any atom is -0.382 e. The van der Waals surface area contributed by atoms with E-state index in [-0.39, 0.29) is 2.85 Å². The van der Waals surface area contributed by atoms with Gasteiger partial charge in [-0.1, -0.05) is 38.1 Å². The summed E-state index contributed by atoms with van der Waals surface area (Å²) in [6, 6.07) is 12.6. The lowest BCUT2D eigenvalue weighted by Gasteiger charge is -2.19. The first-order valence-electron chi connectivity index (χ1n) is 10.2. The Hall–Kier alpha value is -2.41. The van der Waals surface area contributed by atoms with E-state index in [0.717, 1.165) is 36.6 Å². The number of thiophene rings is 1. The van der Waals surface area contributed by atoms with Crippen LogP contribution >= 0.6 is 11.3 Å². The number of likely N-dealkylation sites (N-methyl/N-ethyl adjacent to an activating group) is 1. The first kappa shape index (κ1) is 21.3. The van der Waals surface area contributed by atoms with Gasteiger partial charge in [0.15, 0.2) is 0 Å². The Labute approximate surface area is 180 Å². The van der Waals surface area contributed by atoms with Crippen molar-refractivity contribution in [2.24, 2.45) is 0 Å². The van der Waals surface area contributed by atoms with Crippen LogP contribution in [0.15, 0.2) is 48.7 Å². The van der Waals surface area contributed by atoms with Crippen LogP contribution in [0, 0.1) is 0 Å². The van der Waals surface area contributed by atoms with Crippen LogP contribution in [-0.2, 0) is 6.54 Å². The van der Waals surface area contributed by atoms with Gasteiger partial charge in [0.05, 0.1) is 5.69 Å². The largest absolute Gasteiger partial charge is 0.382 e. The molecule has 6 heteroatoms. The van der Waals surface area contributed by atoms with Crippen molar-refractivity contribution in [1.29, 1.82) is 0 Å². The Bertz CT molecular complexity index is 931. The predicted molar refractivity (Wildman–Crippen MR) is 130 cm³/mol. The third kappa shape index (κ3) is 5.56. The summed E-state index contributed by atoms with van der Waals surface area (Å²) in [6.45, 7) is 6.58. The fourth-order valence-electron chi connectivity index (χ4n) is 3.16. The average Bonchev–Trinajstić information content (AvgIpc) is 3.01. The number of nitrogens with zero attached hydrogens (tertiary/aromatic N) is 2. The van der Waals surface area contributed by atoms with Gasteiger partial charge in [-0.2, -0.15) is 0 Å². The van der Waals surface area contributed by atoms with Crippen LogP contribution in [0.1, 0.15) is 33.6 Å². The first-order chi connectivity index (χ1) is 14.2. The molecule has 0 fully saturated rings. The van der Waals surface area contributed by atoms with E-state index in [9.17, 15) is 5.11 Å². The predicted octanol–water partition coefficient (Wildman–Crippen LogP) is 5.51. The maximum absolute atomic E-state index is 10.5. The second-order valence-corrected chi connectivity index (χ2v) is 7.98. The minimum absolute atomic E-state index is 0. The van der Waals surface area contributed by atoms with E-state index in [1.807, 2.05) is 38.1 Å². The van der Waals surface area contributed by atoms with Crippen molar-refractivity contribution >= 4 is 39.0 Å². The molecule has 1 aromatic carbocycles. The zero-order valence-electron chi connectivity index (χ0n) is 17.4. The lowest BCUT2D eigenvalue weighted by atomic mass is 10.2. The molecule has 3 aromatic rings. The van der Waals surface area contributed by atoms with Crippen molar-refractivity contribution in [1.82, 2.24) is 9.88 Å². The summed E-state index contributed by atoms with van der Waals surface area (Å²) < 4.78 is 1.28. The SMILES string of the molecule is CC.CN(Cc1cc2ccccc2s1)C(O)/C=C/c1cnc2c(c1)NCCCN2.[HH].[HH]. The van der Waals surface area contributed by atoms with E-state index in [0.29, 0.717) is 6.54 Å². The van der Waals surface area contributed by atoms with Crippen molar-refractivity contribution < 1.29 is 7.96 Å². The fraction of sp³-hybridized carbons (Fsp3) is 0.348. The molecule has 1 unspecified atom stereocenters. The summed E-state index contributed by atoms with van der Waals surface area (Å²) in [6.07, 6.45) is 5.98. The third-order valence-electron chi connectivity index (χ3n) is 4.66. The number of pyridine rings is 1. The monoisotopic (exact) mass is 414 g/mol. The summed E-state index contributed by atoms with van der Waals surface area (Å²) in [5, 5.41) is 18.5. The van der Waals surface area contributed by atoms with E-state index in [1.54, 1.807) is 17.4 Å². The molecule has 5 nitrogen and oxygen atoms in total. The molecule has 0 saturated heterocycles. The van der Waals surface area contributed by atoms with Crippen LogP contribution < -0.4 is 10.6 Å². The first-order valence-corrected chi connectivity index (χ1v) is 11.0. The van der Waals surface area contributed by atoms with Gasteiger partial charge in [0.25, 0.3) is 0 Å². The van der Waals surface area contributed by atoms with Gasteiger partial charge in [-0.3, -0.25) is 4.90 Å². The lowest BCUT2D eigenvalue weighted by molar-refractivity contribution is 0.0585. The number of hydrogen-bond donors (Lipinski definition) is 3. The summed E-state index contributed by atoms with van der Waals surface area (Å²) in [5.74, 6) is 0.895. The second kappa shape index (κ2) is 10.4. The van der Waals surface area contributed by atoms with E-state index in [2.05, 4.69) is 52.0 Å². The number of anilines is 2. The quantitative estimate of drug-likeness (QED) is 0.481. The molecule has 0 spiro atoms. The molecule has 1 atom stereocenters. The minimum atomic E-state index is -0.653. The molecule has 0 amide bonds. The normalized spacial score (nSPS) is 14.5. The van der Waals surface area contributed by atoms with Crippen molar-refractivity contribution in [3.63, 3.8) is 0 Å². The second-order valence-electron chi connectivity index (χ2n) is 6.81. The average molecular weight is 415 g/mol. The van der Waals surface area contributed by atoms with Crippen molar-refractivity contribution in [2.75, 3.05) is 30.8 Å². The van der Waals surface area contributed by atoms with E-state index >= 15 is 0 Å². The lowest BCUT2D eigenvalue weighted by Crippen LogP contribution is -2.28. The highest BCUT2D eigenvalue weighted by atomic mass is 32.1. The van der Waals surface area contributed by atoms with Crippen molar-refractivity contribution in [2.45, 2.75) is 33.0 Å². The molecule has 29 heavy (non-hydrogen) atoms. The van der Waals surface area contributed by atoms with Gasteiger partial charge in [0.1, 0.15) is 12.0 Å². The number of fused-ring (bicyclic) bond motifs is 2. The molecule has 0 radical (unpaired) electrons. The molecule has 1 aliphatic heterocycles. The third-order valence-corrected chi connectivity index (χ3v) is 5.77. The zero-order valence-corrected chi connectivity index (χ0v) is 18.2. The molecule has 3 heterocycles. The van der Waals surface area contributed by atoms with Gasteiger partial charge in [-0.05, 0) is 48.7 Å². The summed E-state index contributed by atoms with van der Waals surface area (Å²) in [5.41, 5.74) is 1.99. The van der Waals surface area contributed by atoms with Crippen LogP contribution in [0.5, 0.6) is 0 Å². The molecule has 158 valence electrons. The van der Waals surface area contributed by atoms with Gasteiger partial charge in [-0.15, -0.1) is 11.3 Å². The smallest absolute Gasteiger partial charge is 0.149 e. The highest BCUT2D eigenvalue weighted by Gasteiger charge is 2.11. The Morgan fingerprint density at radius 2 is 2.03 bits per heavy atom. The number of nitrogens with one attached hydrogen (secondary N) is 2. The molecule has 0 bridgehead atoms. The molecule has 1 aliphatic rings. The number of rotatable bonds is 5. The van der Waals surface area contributed by atoms with Crippen LogP contribution in [0.3, 0.4) is 0 Å². The maximum Gasteiger partial charge on any atom is 0.149 e. The molecule has 3 N–H and O–H groups in total. The molecule has 0 aliphatic carbocycles. The molecule has 0 saturated carbocycles. The highest BCUT2D eigenvalue weighted by Crippen LogP contribution is 2.26. The standard InChI is InChI=1S/C21H24N4OS.C2H6.2H2/c1-25(14-17-12-16-5-2-3-6-19(16)27-17)20(26)8-7-15-11-18-21(24-13-15)23-10-4-9-22-18;1-2;;/h2-3,5-8,11-13,20,22,26H,4,9-10,14H2,1H3,(H,23,24);1-2H3;2*1H/b8-7+;;;. The Morgan fingerprint density at radius 1 is 1.24 bits per heavy atom. The van der Waals surface area contributed by atoms with Gasteiger partial charge < -0.3 is 15.7 Å². The Balaban J connectivity index is 0.00000117. The summed E-state index contributed by atoms with van der Waals surface area (Å²) in [4.78, 5) is 7.65. The van der Waals surface area contributed by atoms with Crippen LogP contribution in [0.2, 0.25) is 0 Å². The maximum atomic E-state index is 10.5. The van der Waals surface area contributed by atoms with E-state index in [4.69, 9.17) is 0 Å². The van der Waals surface area contributed by atoms with Crippen molar-refractivity contribution in [3.05, 3.63) is 59.1 Å². The number of benzene rings is 1. The summed E-state index contributed by atoms with van der Waals surface area (Å²) in [7, 11) is 1.93. The molecular formula is C23H34N4OS. The highest BCUT2D eigenvalue weighted by molar-refractivity contribution is 7.19. The van der Waals surface area contributed by atoms with Gasteiger partial charge in [0.2, 0.25) is 0 Å². The van der Waals surface area contributed by atoms with Crippen LogP contribution in [0.4, 0.5) is 11.5 Å². The fourth-order valence-corrected chi connectivity index (χ4v) is 4.29. The zero-order chi connectivity index (χ0) is 20.6. The van der Waals surface area contributed by atoms with Crippen LogP contribution in [0.25, 0.3) is 16.2 Å². The van der Waals surface area contributed by atoms with Crippen LogP contribution in [-0.4, -0.2) is 41.4 Å². The molecular weight excluding hydrogens is 380 g/mol. The van der Waals surface area contributed by atoms with E-state index in [1.165, 1.54) is 15.0 Å². The molecule has 4 rings (SSSR count). The number of aromatic nitrogens is 1. The van der Waals surface area contributed by atoms with Gasteiger partial charge >= 0.3 is 0 Å². The Morgan fingerprint density at radius 3 is 2.86 bits per heavy atom. The number of aliphatic hydroxyl groups excluding tert-OH is 1. The van der Waals surface area contributed by atoms with E-state index < -0.39 is 6.23 Å². The topological polar surface area (TPSA) is 60.4 Å². The Kier molecular flexibility index (Phi) is 7.63. The van der Waals surface area contributed by atoms with Crippen molar-refractivity contribution in [3.8, 4) is 0 Å². The number of hydrogen-bond acceptors (Lipinski definition) is 6. The summed E-state index contributed by atoms with van der Waals surface area (Å²) >= 11 is 1.77. The number of aliphatic hydroxyl groups is 1.